The van der Waals surface area contributed by atoms with Gasteiger partial charge in [0.05, 0.1) is 0 Å². The number of hydrogen-bond donors (Lipinski definition) is 1. The second-order valence-electron chi connectivity index (χ2n) is 9.55. The van der Waals surface area contributed by atoms with E-state index in [0.717, 1.165) is 30.0 Å². The SMILES string of the molecule is C=CC(=O)N=CCCC(C)(c1ccc(CCCCCCCCCCCC)c(C)c1C)S(=O)(=O)O. The molecule has 0 saturated carbocycles. The van der Waals surface area contributed by atoms with E-state index < -0.39 is 20.8 Å². The average Bonchev–Trinajstić information content (AvgIpc) is 2.79. The molecule has 0 aliphatic heterocycles. The Morgan fingerprint density at radius 3 is 2.09 bits per heavy atom. The second kappa shape index (κ2) is 15.3. The first-order valence-electron chi connectivity index (χ1n) is 12.8. The first-order valence-corrected chi connectivity index (χ1v) is 14.3. The predicted molar refractivity (Wildman–Crippen MR) is 143 cm³/mol. The van der Waals surface area contributed by atoms with Crippen molar-refractivity contribution in [1.82, 2.24) is 0 Å². The predicted octanol–water partition coefficient (Wildman–Crippen LogP) is 7.43. The zero-order chi connectivity index (χ0) is 25.6. The summed E-state index contributed by atoms with van der Waals surface area (Å²) in [6.45, 7) is 11.1. The molecular weight excluding hydrogens is 446 g/mol. The summed E-state index contributed by atoms with van der Waals surface area (Å²) in [5, 5.41) is 0. The van der Waals surface area contributed by atoms with Crippen LogP contribution in [0.15, 0.2) is 29.8 Å². The van der Waals surface area contributed by atoms with E-state index in [4.69, 9.17) is 0 Å². The fraction of sp³-hybridized carbons (Fsp3) is 0.643. The van der Waals surface area contributed by atoms with Gasteiger partial charge in [-0.25, -0.2) is 4.99 Å². The van der Waals surface area contributed by atoms with Crippen molar-refractivity contribution < 1.29 is 17.8 Å². The zero-order valence-electron chi connectivity index (χ0n) is 21.7. The quantitative estimate of drug-likeness (QED) is 0.106. The number of amides is 1. The highest BCUT2D eigenvalue weighted by Crippen LogP contribution is 2.38. The molecule has 0 spiro atoms. The number of aliphatic imine (C=N–C) groups is 1. The summed E-state index contributed by atoms with van der Waals surface area (Å²) in [4.78, 5) is 15.0. The van der Waals surface area contributed by atoms with E-state index in [2.05, 4.69) is 18.5 Å². The summed E-state index contributed by atoms with van der Waals surface area (Å²) in [7, 11) is -4.38. The number of nitrogens with zero attached hydrogens (tertiary/aromatic N) is 1. The lowest BCUT2D eigenvalue weighted by atomic mass is 9.86. The molecule has 0 aliphatic carbocycles. The summed E-state index contributed by atoms with van der Waals surface area (Å²) in [6.07, 6.45) is 16.8. The topological polar surface area (TPSA) is 83.8 Å². The van der Waals surface area contributed by atoms with E-state index in [0.29, 0.717) is 5.56 Å². The molecule has 1 N–H and O–H groups in total. The molecule has 6 heteroatoms. The van der Waals surface area contributed by atoms with Crippen LogP contribution in [-0.2, 0) is 26.1 Å². The molecular formula is C28H45NO4S. The number of benzene rings is 1. The van der Waals surface area contributed by atoms with Crippen LogP contribution in [0.25, 0.3) is 0 Å². The average molecular weight is 492 g/mol. The number of carbonyl (C=O) groups excluding carboxylic acids is 1. The van der Waals surface area contributed by atoms with Crippen molar-refractivity contribution in [3.8, 4) is 0 Å². The summed E-state index contributed by atoms with van der Waals surface area (Å²) in [5.41, 5.74) is 3.81. The van der Waals surface area contributed by atoms with Gasteiger partial charge in [0.15, 0.2) is 0 Å². The van der Waals surface area contributed by atoms with Gasteiger partial charge >= 0.3 is 0 Å². The van der Waals surface area contributed by atoms with Gasteiger partial charge in [-0.15, -0.1) is 0 Å². The number of carbonyl (C=O) groups is 1. The minimum Gasteiger partial charge on any atom is -0.285 e. The van der Waals surface area contributed by atoms with E-state index in [1.54, 1.807) is 0 Å². The largest absolute Gasteiger partial charge is 0.285 e. The molecule has 1 aromatic carbocycles. The maximum absolute atomic E-state index is 12.4. The molecule has 1 atom stereocenters. The Hall–Kier alpha value is -1.79. The molecule has 0 aliphatic rings. The van der Waals surface area contributed by atoms with E-state index in [-0.39, 0.29) is 12.8 Å². The highest BCUT2D eigenvalue weighted by Gasteiger charge is 2.40. The molecule has 0 saturated heterocycles. The minimum absolute atomic E-state index is 0.123. The van der Waals surface area contributed by atoms with E-state index in [1.165, 1.54) is 76.5 Å². The van der Waals surface area contributed by atoms with Crippen LogP contribution in [0.5, 0.6) is 0 Å². The van der Waals surface area contributed by atoms with Gasteiger partial charge in [0.25, 0.3) is 16.0 Å². The van der Waals surface area contributed by atoms with Gasteiger partial charge in [-0.05, 0) is 74.8 Å². The fourth-order valence-electron chi connectivity index (χ4n) is 4.47. The number of hydrogen-bond acceptors (Lipinski definition) is 3. The highest BCUT2D eigenvalue weighted by atomic mass is 32.2. The van der Waals surface area contributed by atoms with E-state index >= 15 is 0 Å². The Labute approximate surface area is 207 Å². The third-order valence-corrected chi connectivity index (χ3v) is 8.54. The first-order chi connectivity index (χ1) is 16.1. The third kappa shape index (κ3) is 9.46. The summed E-state index contributed by atoms with van der Waals surface area (Å²) in [5.74, 6) is -0.475. The molecule has 0 bridgehead atoms. The van der Waals surface area contributed by atoms with Gasteiger partial charge in [0.1, 0.15) is 4.75 Å². The van der Waals surface area contributed by atoms with Gasteiger partial charge in [-0.1, -0.05) is 83.4 Å². The van der Waals surface area contributed by atoms with Crippen LogP contribution in [0.3, 0.4) is 0 Å². The maximum Gasteiger partial charge on any atom is 0.274 e. The van der Waals surface area contributed by atoms with Crippen molar-refractivity contribution in [2.75, 3.05) is 0 Å². The Morgan fingerprint density at radius 2 is 1.56 bits per heavy atom. The molecule has 0 aromatic heterocycles. The summed E-state index contributed by atoms with van der Waals surface area (Å²) >= 11 is 0. The van der Waals surface area contributed by atoms with E-state index in [9.17, 15) is 17.8 Å². The first kappa shape index (κ1) is 30.2. The monoisotopic (exact) mass is 491 g/mol. The summed E-state index contributed by atoms with van der Waals surface area (Å²) < 4.78 is 33.4. The van der Waals surface area contributed by atoms with Crippen LogP contribution in [0, 0.1) is 13.8 Å². The lowest BCUT2D eigenvalue weighted by molar-refractivity contribution is -0.113. The zero-order valence-corrected chi connectivity index (χ0v) is 22.6. The van der Waals surface area contributed by atoms with Gasteiger partial charge in [0, 0.05) is 6.21 Å². The van der Waals surface area contributed by atoms with Crippen molar-refractivity contribution >= 4 is 22.2 Å². The molecule has 1 rings (SSSR count). The number of aryl methyl sites for hydroxylation is 1. The molecule has 192 valence electrons. The molecule has 1 unspecified atom stereocenters. The van der Waals surface area contributed by atoms with Crippen LogP contribution < -0.4 is 0 Å². The van der Waals surface area contributed by atoms with Crippen LogP contribution in [0.4, 0.5) is 0 Å². The van der Waals surface area contributed by atoms with Gasteiger partial charge in [-0.2, -0.15) is 8.42 Å². The lowest BCUT2D eigenvalue weighted by Crippen LogP contribution is -2.33. The minimum atomic E-state index is -4.38. The number of unbranched alkanes of at least 4 members (excludes halogenated alkanes) is 9. The standard InChI is InChI=1S/C28H45NO4S/c1-6-8-9-10-11-12-13-14-15-16-18-25-19-20-26(24(4)23(25)3)28(5,34(31,32)33)21-17-22-29-27(30)7-2/h7,19-20,22H,2,6,8-18,21H2,1,3-5H3,(H,31,32,33). The molecule has 1 amide bonds. The second-order valence-corrected chi connectivity index (χ2v) is 11.4. The molecule has 0 radical (unpaired) electrons. The van der Waals surface area contributed by atoms with Crippen LogP contribution in [0.2, 0.25) is 0 Å². The molecule has 1 aromatic rings. The molecule has 5 nitrogen and oxygen atoms in total. The Kier molecular flexibility index (Phi) is 13.6. The van der Waals surface area contributed by atoms with E-state index in [1.807, 2.05) is 26.0 Å². The van der Waals surface area contributed by atoms with Crippen molar-refractivity contribution in [3.63, 3.8) is 0 Å². The smallest absolute Gasteiger partial charge is 0.274 e. The van der Waals surface area contributed by atoms with Gasteiger partial charge in [-0.3, -0.25) is 9.35 Å². The highest BCUT2D eigenvalue weighted by molar-refractivity contribution is 7.86. The van der Waals surface area contributed by atoms with Crippen molar-refractivity contribution in [3.05, 3.63) is 47.0 Å². The Bertz CT molecular complexity index is 921. The Balaban J connectivity index is 2.73. The Morgan fingerprint density at radius 1 is 1.00 bits per heavy atom. The van der Waals surface area contributed by atoms with Gasteiger partial charge < -0.3 is 0 Å². The van der Waals surface area contributed by atoms with Crippen LogP contribution in [-0.4, -0.2) is 25.1 Å². The molecule has 0 heterocycles. The number of rotatable bonds is 17. The molecule has 0 fully saturated rings. The summed E-state index contributed by atoms with van der Waals surface area (Å²) in [6, 6.07) is 3.85. The van der Waals surface area contributed by atoms with Crippen LogP contribution >= 0.6 is 0 Å². The van der Waals surface area contributed by atoms with Crippen molar-refractivity contribution in [2.45, 2.75) is 116 Å². The lowest BCUT2D eigenvalue weighted by Gasteiger charge is -2.29. The molecule has 34 heavy (non-hydrogen) atoms. The fourth-order valence-corrected chi connectivity index (χ4v) is 5.35. The third-order valence-electron chi connectivity index (χ3n) is 6.98. The van der Waals surface area contributed by atoms with Gasteiger partial charge in [0.2, 0.25) is 0 Å². The van der Waals surface area contributed by atoms with Crippen molar-refractivity contribution in [1.29, 1.82) is 0 Å². The van der Waals surface area contributed by atoms with Crippen LogP contribution in [0.1, 0.15) is 113 Å². The maximum atomic E-state index is 12.4. The normalized spacial score (nSPS) is 13.8. The van der Waals surface area contributed by atoms with Crippen molar-refractivity contribution in [2.24, 2.45) is 4.99 Å².